The van der Waals surface area contributed by atoms with Crippen molar-refractivity contribution in [1.29, 1.82) is 15.8 Å². The van der Waals surface area contributed by atoms with Crippen molar-refractivity contribution in [2.75, 3.05) is 0 Å². The van der Waals surface area contributed by atoms with Gasteiger partial charge in [-0.15, -0.1) is 0 Å². The van der Waals surface area contributed by atoms with Crippen LogP contribution >= 0.6 is 0 Å². The van der Waals surface area contributed by atoms with Crippen LogP contribution < -0.4 is 22.9 Å². The molecule has 236 valence electrons. The fraction of sp³-hybridized carbons (Fsp3) is 0.128. The first kappa shape index (κ1) is 36.6. The summed E-state index contributed by atoms with van der Waals surface area (Å²) in [6.45, 7) is 13.9. The lowest BCUT2D eigenvalue weighted by Crippen LogP contribution is -1.95. The number of nitrogens with two attached hydrogens (primary N) is 4. The van der Waals surface area contributed by atoms with Crippen LogP contribution in [0.5, 0.6) is 0 Å². The highest BCUT2D eigenvalue weighted by Gasteiger charge is 2.10. The summed E-state index contributed by atoms with van der Waals surface area (Å²) in [5.41, 5.74) is 34.4. The fourth-order valence-corrected chi connectivity index (χ4v) is 4.46. The van der Waals surface area contributed by atoms with Gasteiger partial charge in [0.1, 0.15) is 18.2 Å². The summed E-state index contributed by atoms with van der Waals surface area (Å²) in [6.07, 6.45) is 17.9. The van der Waals surface area contributed by atoms with Crippen molar-refractivity contribution in [1.82, 2.24) is 4.98 Å². The van der Waals surface area contributed by atoms with Crippen LogP contribution in [0.15, 0.2) is 132 Å². The van der Waals surface area contributed by atoms with E-state index in [1.54, 1.807) is 24.4 Å². The van der Waals surface area contributed by atoms with E-state index in [2.05, 4.69) is 48.0 Å². The fourth-order valence-electron chi connectivity index (χ4n) is 4.46. The van der Waals surface area contributed by atoms with E-state index < -0.39 is 0 Å². The molecule has 0 spiro atoms. The molecule has 0 radical (unpaired) electrons. The number of hydrogen-bond donors (Lipinski definition) is 4. The highest BCUT2D eigenvalue weighted by molar-refractivity contribution is 5.85. The Kier molecular flexibility index (Phi) is 13.8. The topological polar surface area (TPSA) is 188 Å². The van der Waals surface area contributed by atoms with Crippen molar-refractivity contribution in [3.63, 3.8) is 0 Å². The SMILES string of the molecule is C=C(/C=C(\C)c1cc(/C(C)=C/C(=C\N)C(/C)=C/C(C#N)=C\N)cc(/C(C)=C/C(=C\N)c2cncc(C#N)c2)c1)/C(C)=C/C(C#N)=C\N. The molecule has 1 aromatic heterocycles. The van der Waals surface area contributed by atoms with Crippen LogP contribution in [0, 0.1) is 34.0 Å². The predicted octanol–water partition coefficient (Wildman–Crippen LogP) is 7.19. The molecular formula is C39H40N8. The van der Waals surface area contributed by atoms with E-state index in [9.17, 15) is 15.8 Å². The zero-order chi connectivity index (χ0) is 35.1. The Bertz CT molecular complexity index is 1950. The van der Waals surface area contributed by atoms with Crippen LogP contribution in [0.3, 0.4) is 0 Å². The molecule has 0 aliphatic rings. The number of nitriles is 3. The van der Waals surface area contributed by atoms with E-state index in [0.717, 1.165) is 61.3 Å². The van der Waals surface area contributed by atoms with Crippen LogP contribution in [0.4, 0.5) is 0 Å². The summed E-state index contributed by atoms with van der Waals surface area (Å²) in [5, 5.41) is 27.9. The van der Waals surface area contributed by atoms with Gasteiger partial charge in [-0.3, -0.25) is 4.98 Å². The van der Waals surface area contributed by atoms with Crippen LogP contribution in [0.1, 0.15) is 62.4 Å². The molecule has 1 aromatic carbocycles. The first-order chi connectivity index (χ1) is 22.4. The van der Waals surface area contributed by atoms with Crippen LogP contribution in [0.2, 0.25) is 0 Å². The summed E-state index contributed by atoms with van der Waals surface area (Å²) < 4.78 is 0. The summed E-state index contributed by atoms with van der Waals surface area (Å²) in [5.74, 6) is 0. The summed E-state index contributed by atoms with van der Waals surface area (Å²) >= 11 is 0. The van der Waals surface area contributed by atoms with Crippen LogP contribution in [-0.2, 0) is 0 Å². The second-order valence-electron chi connectivity index (χ2n) is 10.7. The average Bonchev–Trinajstić information content (AvgIpc) is 3.09. The quantitative estimate of drug-likeness (QED) is 0.150. The van der Waals surface area contributed by atoms with Crippen molar-refractivity contribution in [3.8, 4) is 18.2 Å². The smallest absolute Gasteiger partial charge is 0.101 e. The Morgan fingerprint density at radius 2 is 1.13 bits per heavy atom. The van der Waals surface area contributed by atoms with Gasteiger partial charge in [-0.25, -0.2) is 0 Å². The molecule has 8 N–H and O–H groups in total. The second-order valence-corrected chi connectivity index (χ2v) is 10.7. The van der Waals surface area contributed by atoms with Gasteiger partial charge >= 0.3 is 0 Å². The lowest BCUT2D eigenvalue weighted by atomic mass is 9.91. The number of pyridine rings is 1. The Hall–Kier alpha value is -6.56. The molecule has 0 atom stereocenters. The molecule has 0 saturated carbocycles. The van der Waals surface area contributed by atoms with Crippen molar-refractivity contribution < 1.29 is 0 Å². The van der Waals surface area contributed by atoms with Gasteiger partial charge in [0.2, 0.25) is 0 Å². The van der Waals surface area contributed by atoms with Crippen molar-refractivity contribution in [2.45, 2.75) is 34.6 Å². The van der Waals surface area contributed by atoms with Gasteiger partial charge in [-0.05, 0) is 144 Å². The number of hydrogen-bond acceptors (Lipinski definition) is 8. The Labute approximate surface area is 278 Å². The van der Waals surface area contributed by atoms with E-state index >= 15 is 0 Å². The van der Waals surface area contributed by atoms with E-state index in [-0.39, 0.29) is 0 Å². The van der Waals surface area contributed by atoms with Crippen molar-refractivity contribution in [3.05, 3.63) is 160 Å². The largest absolute Gasteiger partial charge is 0.404 e. The van der Waals surface area contributed by atoms with Gasteiger partial charge < -0.3 is 22.9 Å². The minimum Gasteiger partial charge on any atom is -0.404 e. The number of allylic oxidation sites excluding steroid dienone is 15. The van der Waals surface area contributed by atoms with E-state index in [4.69, 9.17) is 22.9 Å². The zero-order valence-electron chi connectivity index (χ0n) is 27.5. The van der Waals surface area contributed by atoms with Gasteiger partial charge in [0.25, 0.3) is 0 Å². The number of nitrogens with zero attached hydrogens (tertiary/aromatic N) is 4. The molecular weight excluding hydrogens is 580 g/mol. The summed E-state index contributed by atoms with van der Waals surface area (Å²) in [6, 6.07) is 14.2. The maximum Gasteiger partial charge on any atom is 0.101 e. The van der Waals surface area contributed by atoms with E-state index in [0.29, 0.717) is 22.3 Å². The molecule has 8 nitrogen and oxygen atoms in total. The first-order valence-electron chi connectivity index (χ1n) is 14.6. The molecule has 0 fully saturated rings. The molecule has 8 heteroatoms. The second kappa shape index (κ2) is 17.7. The van der Waals surface area contributed by atoms with Gasteiger partial charge in [0, 0.05) is 42.8 Å². The zero-order valence-corrected chi connectivity index (χ0v) is 27.5. The summed E-state index contributed by atoms with van der Waals surface area (Å²) in [7, 11) is 0. The van der Waals surface area contributed by atoms with Gasteiger partial charge in [-0.2, -0.15) is 15.8 Å². The van der Waals surface area contributed by atoms with E-state index in [1.165, 1.54) is 31.0 Å². The molecule has 2 aromatic rings. The standard InChI is InChI=1S/C39H40N8/c1-25(26(2)8-31(16-40)17-41)7-27(3)34-13-35(29(5)10-37(21-45)28(4)9-32(18-42)19-43)15-36(14-34)30(6)11-38(22-46)39-12-33(20-44)23-47-24-39/h7-16,18,21-24H,1,40,42,45-46H2,2-6H3/b26-8+,27-7+,28-9+,29-10+,30-11+,31-16+,32-18+,37-21+,38-22+. The van der Waals surface area contributed by atoms with Gasteiger partial charge in [-0.1, -0.05) is 12.7 Å². The maximum atomic E-state index is 9.35. The average molecular weight is 621 g/mol. The third kappa shape index (κ3) is 10.3. The molecule has 0 aliphatic heterocycles. The lowest BCUT2D eigenvalue weighted by molar-refractivity contribution is 1.28. The Morgan fingerprint density at radius 3 is 1.60 bits per heavy atom. The molecule has 0 unspecified atom stereocenters. The highest BCUT2D eigenvalue weighted by atomic mass is 14.6. The van der Waals surface area contributed by atoms with Crippen LogP contribution in [0.25, 0.3) is 22.3 Å². The Balaban J connectivity index is 2.78. The minimum absolute atomic E-state index is 0.325. The van der Waals surface area contributed by atoms with Gasteiger partial charge in [0.05, 0.1) is 16.7 Å². The van der Waals surface area contributed by atoms with Crippen molar-refractivity contribution in [2.24, 2.45) is 22.9 Å². The van der Waals surface area contributed by atoms with Crippen LogP contribution in [-0.4, -0.2) is 4.98 Å². The number of aromatic nitrogens is 1. The lowest BCUT2D eigenvalue weighted by Gasteiger charge is -2.14. The third-order valence-corrected chi connectivity index (χ3v) is 7.32. The van der Waals surface area contributed by atoms with Crippen molar-refractivity contribution >= 4 is 22.3 Å². The number of rotatable bonds is 11. The molecule has 47 heavy (non-hydrogen) atoms. The molecule has 0 saturated heterocycles. The number of benzene rings is 1. The molecule has 0 aliphatic carbocycles. The van der Waals surface area contributed by atoms with Gasteiger partial charge in [0.15, 0.2) is 0 Å². The normalized spacial score (nSPS) is 14.3. The highest BCUT2D eigenvalue weighted by Crippen LogP contribution is 2.30. The first-order valence-corrected chi connectivity index (χ1v) is 14.6. The molecule has 0 bridgehead atoms. The minimum atomic E-state index is 0.325. The molecule has 1 heterocycles. The maximum absolute atomic E-state index is 9.35. The molecule has 0 amide bonds. The predicted molar refractivity (Wildman–Crippen MR) is 193 cm³/mol. The molecule has 2 rings (SSSR count). The summed E-state index contributed by atoms with van der Waals surface area (Å²) in [4.78, 5) is 4.18. The third-order valence-electron chi connectivity index (χ3n) is 7.32. The monoisotopic (exact) mass is 620 g/mol. The Morgan fingerprint density at radius 1 is 0.617 bits per heavy atom. The van der Waals surface area contributed by atoms with E-state index in [1.807, 2.05) is 52.8 Å².